The Morgan fingerprint density at radius 2 is 2.07 bits per heavy atom. The minimum absolute atomic E-state index is 0.0957. The summed E-state index contributed by atoms with van der Waals surface area (Å²) in [6, 6.07) is 7.93. The summed E-state index contributed by atoms with van der Waals surface area (Å²) in [5.74, 6) is -3.84. The maximum atomic E-state index is 13.4. The zero-order valence-corrected chi connectivity index (χ0v) is 15.3. The molecular formula is C18H16F5N5O2. The number of hydrogen-bond acceptors (Lipinski definition) is 7. The summed E-state index contributed by atoms with van der Waals surface area (Å²) >= 11 is 0. The van der Waals surface area contributed by atoms with Crippen molar-refractivity contribution < 1.29 is 31.4 Å². The lowest BCUT2D eigenvalue weighted by atomic mass is 10.1. The van der Waals surface area contributed by atoms with Crippen LogP contribution in [-0.4, -0.2) is 37.2 Å². The maximum Gasteiger partial charge on any atom is 0.387 e. The van der Waals surface area contributed by atoms with E-state index in [2.05, 4.69) is 20.2 Å². The molecule has 2 aromatic rings. The van der Waals surface area contributed by atoms with Gasteiger partial charge in [0.1, 0.15) is 18.1 Å². The number of halogens is 5. The third-order valence-corrected chi connectivity index (χ3v) is 3.94. The number of aromatic nitrogens is 1. The average molecular weight is 429 g/mol. The number of benzene rings is 1. The van der Waals surface area contributed by atoms with E-state index in [0.29, 0.717) is 5.82 Å². The maximum absolute atomic E-state index is 13.4. The first-order valence-corrected chi connectivity index (χ1v) is 8.56. The van der Waals surface area contributed by atoms with Gasteiger partial charge in [-0.05, 0) is 18.2 Å². The minimum atomic E-state index is -3.18. The van der Waals surface area contributed by atoms with E-state index in [-0.39, 0.29) is 23.9 Å². The molecule has 3 rings (SSSR count). The molecule has 1 aliphatic rings. The summed E-state index contributed by atoms with van der Waals surface area (Å²) < 4.78 is 73.5. The molecule has 1 saturated heterocycles. The van der Waals surface area contributed by atoms with Crippen LogP contribution in [-0.2, 0) is 0 Å². The Morgan fingerprint density at radius 3 is 2.73 bits per heavy atom. The zero-order valence-electron chi connectivity index (χ0n) is 15.3. The van der Waals surface area contributed by atoms with Gasteiger partial charge in [-0.3, -0.25) is 0 Å². The number of alkyl halides is 4. The van der Waals surface area contributed by atoms with Crippen LogP contribution >= 0.6 is 0 Å². The Kier molecular flexibility index (Phi) is 6.33. The van der Waals surface area contributed by atoms with E-state index < -0.39 is 37.2 Å². The van der Waals surface area contributed by atoms with Crippen molar-refractivity contribution in [2.45, 2.75) is 12.5 Å². The summed E-state index contributed by atoms with van der Waals surface area (Å²) in [5.41, 5.74) is 7.50. The molecule has 30 heavy (non-hydrogen) atoms. The lowest BCUT2D eigenvalue weighted by Gasteiger charge is -2.39. The lowest BCUT2D eigenvalue weighted by molar-refractivity contribution is -0.0521. The van der Waals surface area contributed by atoms with Crippen molar-refractivity contribution in [2.75, 3.05) is 29.9 Å². The molecule has 0 amide bonds. The van der Waals surface area contributed by atoms with Crippen LogP contribution in [0.2, 0.25) is 0 Å². The smallest absolute Gasteiger partial charge is 0.387 e. The van der Waals surface area contributed by atoms with Crippen molar-refractivity contribution in [1.29, 1.82) is 5.53 Å². The topological polar surface area (TPSA) is 82.8 Å². The van der Waals surface area contributed by atoms with E-state index in [4.69, 9.17) is 10.3 Å². The number of nitrogens with one attached hydrogen (secondary N) is 2. The van der Waals surface area contributed by atoms with Crippen molar-refractivity contribution in [3.8, 4) is 11.6 Å². The van der Waals surface area contributed by atoms with E-state index >= 15 is 0 Å². The van der Waals surface area contributed by atoms with Gasteiger partial charge in [0.25, 0.3) is 5.92 Å². The van der Waals surface area contributed by atoms with Crippen molar-refractivity contribution in [3.05, 3.63) is 54.1 Å². The van der Waals surface area contributed by atoms with Gasteiger partial charge < -0.3 is 19.7 Å². The van der Waals surface area contributed by atoms with Crippen LogP contribution in [0.1, 0.15) is 0 Å². The molecule has 2 heterocycles. The molecule has 0 unspecified atom stereocenters. The van der Waals surface area contributed by atoms with Gasteiger partial charge in [-0.2, -0.15) is 18.9 Å². The number of ether oxygens (including phenoxy) is 2. The predicted octanol–water partition coefficient (Wildman–Crippen LogP) is 4.64. The van der Waals surface area contributed by atoms with Crippen molar-refractivity contribution in [2.24, 2.45) is 5.11 Å². The molecule has 1 aromatic carbocycles. The predicted molar refractivity (Wildman–Crippen MR) is 96.8 cm³/mol. The molecule has 0 spiro atoms. The van der Waals surface area contributed by atoms with Crippen LogP contribution in [0.3, 0.4) is 0 Å². The lowest BCUT2D eigenvalue weighted by Crippen LogP contribution is -2.56. The van der Waals surface area contributed by atoms with E-state index in [1.54, 1.807) is 12.1 Å². The van der Waals surface area contributed by atoms with Gasteiger partial charge in [0.05, 0.1) is 13.1 Å². The molecule has 0 aliphatic carbocycles. The second-order valence-corrected chi connectivity index (χ2v) is 6.25. The SMILES string of the molecule is N=N/C(=C\Nc1ccc(F)c(OC(F)F)c1)COc1cccc(N2CC(F)(F)C2)n1. The van der Waals surface area contributed by atoms with Gasteiger partial charge in [0, 0.05) is 24.0 Å². The Morgan fingerprint density at radius 1 is 1.30 bits per heavy atom. The van der Waals surface area contributed by atoms with Crippen LogP contribution in [0.15, 0.2) is 53.4 Å². The van der Waals surface area contributed by atoms with E-state index in [9.17, 15) is 22.0 Å². The van der Waals surface area contributed by atoms with Gasteiger partial charge in [0.2, 0.25) is 5.88 Å². The molecule has 7 nitrogen and oxygen atoms in total. The fourth-order valence-corrected chi connectivity index (χ4v) is 2.53. The summed E-state index contributed by atoms with van der Waals surface area (Å²) in [6.07, 6.45) is 1.26. The van der Waals surface area contributed by atoms with Gasteiger partial charge in [0.15, 0.2) is 11.6 Å². The third kappa shape index (κ3) is 5.55. The zero-order chi connectivity index (χ0) is 21.7. The molecular weight excluding hydrogens is 413 g/mol. The summed E-state index contributed by atoms with van der Waals surface area (Å²) in [5, 5.41) is 5.94. The van der Waals surface area contributed by atoms with E-state index in [0.717, 1.165) is 12.1 Å². The molecule has 1 fully saturated rings. The molecule has 0 atom stereocenters. The highest BCUT2D eigenvalue weighted by molar-refractivity contribution is 5.51. The van der Waals surface area contributed by atoms with Crippen LogP contribution in [0.5, 0.6) is 11.6 Å². The van der Waals surface area contributed by atoms with Gasteiger partial charge in [-0.25, -0.2) is 18.7 Å². The highest BCUT2D eigenvalue weighted by Gasteiger charge is 2.44. The highest BCUT2D eigenvalue weighted by Crippen LogP contribution is 2.31. The molecule has 0 bridgehead atoms. The molecule has 160 valence electrons. The fourth-order valence-electron chi connectivity index (χ4n) is 2.53. The standard InChI is InChI=1S/C18H16F5N5O2/c19-13-5-4-11(6-14(13)30-17(20)21)25-7-12(27-24)8-29-16-3-1-2-15(26-16)28-9-18(22,23)10-28/h1-7,17,24-25H,8-10H2/b12-7-,27-24?. The number of hydrogen-bond donors (Lipinski definition) is 2. The van der Waals surface area contributed by atoms with Crippen molar-refractivity contribution in [1.82, 2.24) is 4.98 Å². The normalized spacial score (nSPS) is 15.5. The number of pyridine rings is 1. The Hall–Kier alpha value is -3.44. The molecule has 12 heteroatoms. The first kappa shape index (κ1) is 21.3. The Labute approximate surface area is 167 Å². The molecule has 0 radical (unpaired) electrons. The monoisotopic (exact) mass is 429 g/mol. The second kappa shape index (κ2) is 8.93. The van der Waals surface area contributed by atoms with Gasteiger partial charge >= 0.3 is 6.61 Å². The average Bonchev–Trinajstić information content (AvgIpc) is 2.68. The minimum Gasteiger partial charge on any atom is -0.471 e. The number of rotatable bonds is 9. The van der Waals surface area contributed by atoms with E-state index in [1.165, 1.54) is 23.2 Å². The Bertz CT molecular complexity index is 933. The number of anilines is 2. The molecule has 0 saturated carbocycles. The first-order chi connectivity index (χ1) is 14.3. The molecule has 1 aliphatic heterocycles. The van der Waals surface area contributed by atoms with E-state index in [1.807, 2.05) is 0 Å². The fraction of sp³-hybridized carbons (Fsp3) is 0.278. The summed E-state index contributed by atoms with van der Waals surface area (Å²) in [7, 11) is 0. The second-order valence-electron chi connectivity index (χ2n) is 6.25. The quantitative estimate of drug-likeness (QED) is 0.448. The highest BCUT2D eigenvalue weighted by atomic mass is 19.3. The Balaban J connectivity index is 1.59. The third-order valence-electron chi connectivity index (χ3n) is 3.94. The molecule has 1 aromatic heterocycles. The van der Waals surface area contributed by atoms with Gasteiger partial charge in [-0.1, -0.05) is 6.07 Å². The summed E-state index contributed by atoms with van der Waals surface area (Å²) in [6.45, 7) is -4.21. The van der Waals surface area contributed by atoms with Crippen LogP contribution in [0, 0.1) is 11.3 Å². The van der Waals surface area contributed by atoms with Crippen molar-refractivity contribution in [3.63, 3.8) is 0 Å². The van der Waals surface area contributed by atoms with Crippen LogP contribution in [0.4, 0.5) is 33.5 Å². The van der Waals surface area contributed by atoms with Crippen LogP contribution < -0.4 is 19.7 Å². The molecule has 2 N–H and O–H groups in total. The van der Waals surface area contributed by atoms with Crippen molar-refractivity contribution >= 4 is 11.5 Å². The largest absolute Gasteiger partial charge is 0.471 e. The number of nitrogens with zero attached hydrogens (tertiary/aromatic N) is 3. The summed E-state index contributed by atoms with van der Waals surface area (Å²) in [4.78, 5) is 5.52. The first-order valence-electron chi connectivity index (χ1n) is 8.56. The van der Waals surface area contributed by atoms with Gasteiger partial charge in [-0.15, -0.1) is 0 Å². The van der Waals surface area contributed by atoms with Crippen LogP contribution in [0.25, 0.3) is 0 Å².